The van der Waals surface area contributed by atoms with Crippen LogP contribution in [0, 0.1) is 0 Å². The molecule has 0 aliphatic carbocycles. The van der Waals surface area contributed by atoms with Crippen LogP contribution in [0.15, 0.2) is 16.5 Å². The van der Waals surface area contributed by atoms with E-state index in [2.05, 4.69) is 10.2 Å². The van der Waals surface area contributed by atoms with Crippen molar-refractivity contribution in [3.63, 3.8) is 0 Å². The first-order valence-electron chi connectivity index (χ1n) is 6.02. The zero-order valence-corrected chi connectivity index (χ0v) is 10.3. The number of furan rings is 1. The van der Waals surface area contributed by atoms with Crippen LogP contribution in [0.25, 0.3) is 0 Å². The van der Waals surface area contributed by atoms with E-state index in [4.69, 9.17) is 16.0 Å². The molecule has 0 saturated carbocycles. The maximum Gasteiger partial charge on any atom is 0.193 e. The van der Waals surface area contributed by atoms with Crippen LogP contribution in [-0.2, 0) is 6.54 Å². The Morgan fingerprint density at radius 1 is 1.25 bits per heavy atom. The van der Waals surface area contributed by atoms with Gasteiger partial charge in [0.1, 0.15) is 5.76 Å². The third-order valence-electron chi connectivity index (χ3n) is 2.98. The first kappa shape index (κ1) is 12.0. The van der Waals surface area contributed by atoms with Gasteiger partial charge in [-0.2, -0.15) is 0 Å². The number of piperidine rings is 1. The number of likely N-dealkylation sites (tertiary alicyclic amines) is 1. The summed E-state index contributed by atoms with van der Waals surface area (Å²) in [5.41, 5.74) is 0. The molecular weight excluding hydrogens is 224 g/mol. The Balaban J connectivity index is 1.57. The molecule has 16 heavy (non-hydrogen) atoms. The van der Waals surface area contributed by atoms with E-state index in [0.29, 0.717) is 5.22 Å². The molecule has 1 saturated heterocycles. The molecule has 0 amide bonds. The minimum atomic E-state index is 0.466. The van der Waals surface area contributed by atoms with E-state index in [0.717, 1.165) is 25.4 Å². The van der Waals surface area contributed by atoms with E-state index < -0.39 is 0 Å². The van der Waals surface area contributed by atoms with Crippen LogP contribution in [0.3, 0.4) is 0 Å². The van der Waals surface area contributed by atoms with Gasteiger partial charge >= 0.3 is 0 Å². The molecule has 90 valence electrons. The summed E-state index contributed by atoms with van der Waals surface area (Å²) in [4.78, 5) is 2.52. The first-order chi connectivity index (χ1) is 7.84. The smallest absolute Gasteiger partial charge is 0.193 e. The zero-order valence-electron chi connectivity index (χ0n) is 9.54. The summed E-state index contributed by atoms with van der Waals surface area (Å²) in [6, 6.07) is 3.69. The highest BCUT2D eigenvalue weighted by atomic mass is 35.5. The Kier molecular flexibility index (Phi) is 4.69. The number of nitrogens with one attached hydrogen (secondary N) is 1. The molecule has 0 spiro atoms. The standard InChI is InChI=1S/C12H19ClN2O/c13-12-5-4-11(16-12)10-14-6-9-15-7-2-1-3-8-15/h4-5,14H,1-3,6-10H2. The lowest BCUT2D eigenvalue weighted by molar-refractivity contribution is 0.228. The molecule has 1 fully saturated rings. The molecule has 1 N–H and O–H groups in total. The van der Waals surface area contributed by atoms with Crippen molar-refractivity contribution in [2.45, 2.75) is 25.8 Å². The number of halogens is 1. The van der Waals surface area contributed by atoms with Crippen LogP contribution in [0.1, 0.15) is 25.0 Å². The van der Waals surface area contributed by atoms with Gasteiger partial charge in [-0.3, -0.25) is 0 Å². The van der Waals surface area contributed by atoms with Crippen LogP contribution >= 0.6 is 11.6 Å². The predicted octanol–water partition coefficient (Wildman–Crippen LogP) is 2.51. The average Bonchev–Trinajstić information content (AvgIpc) is 2.72. The maximum absolute atomic E-state index is 5.69. The summed E-state index contributed by atoms with van der Waals surface area (Å²) in [5.74, 6) is 0.906. The van der Waals surface area contributed by atoms with E-state index in [-0.39, 0.29) is 0 Å². The van der Waals surface area contributed by atoms with Gasteiger partial charge < -0.3 is 14.6 Å². The largest absolute Gasteiger partial charge is 0.448 e. The molecular formula is C12H19ClN2O. The number of hydrogen-bond acceptors (Lipinski definition) is 3. The van der Waals surface area contributed by atoms with E-state index in [1.807, 2.05) is 6.07 Å². The van der Waals surface area contributed by atoms with Gasteiger partial charge in [-0.05, 0) is 49.7 Å². The summed E-state index contributed by atoms with van der Waals surface area (Å²) >= 11 is 5.69. The second-order valence-electron chi connectivity index (χ2n) is 4.28. The van der Waals surface area contributed by atoms with E-state index in [1.165, 1.54) is 32.4 Å². The Hall–Kier alpha value is -0.510. The molecule has 2 rings (SSSR count). The highest BCUT2D eigenvalue weighted by molar-refractivity contribution is 6.28. The minimum Gasteiger partial charge on any atom is -0.448 e. The first-order valence-corrected chi connectivity index (χ1v) is 6.40. The van der Waals surface area contributed by atoms with Gasteiger partial charge in [-0.25, -0.2) is 0 Å². The van der Waals surface area contributed by atoms with Gasteiger partial charge in [0.15, 0.2) is 5.22 Å². The SMILES string of the molecule is Clc1ccc(CNCCN2CCCCC2)o1. The Labute approximate surface area is 102 Å². The quantitative estimate of drug-likeness (QED) is 0.805. The van der Waals surface area contributed by atoms with Gasteiger partial charge in [-0.1, -0.05) is 6.42 Å². The molecule has 2 heterocycles. The van der Waals surface area contributed by atoms with Crippen molar-refractivity contribution in [2.75, 3.05) is 26.2 Å². The molecule has 0 radical (unpaired) electrons. The highest BCUT2D eigenvalue weighted by Crippen LogP contribution is 2.12. The van der Waals surface area contributed by atoms with Crippen molar-refractivity contribution >= 4 is 11.6 Å². The van der Waals surface area contributed by atoms with Crippen LogP contribution in [0.5, 0.6) is 0 Å². The van der Waals surface area contributed by atoms with Crippen molar-refractivity contribution in [3.05, 3.63) is 23.1 Å². The monoisotopic (exact) mass is 242 g/mol. The molecule has 0 unspecified atom stereocenters. The van der Waals surface area contributed by atoms with Crippen molar-refractivity contribution in [1.29, 1.82) is 0 Å². The summed E-state index contributed by atoms with van der Waals surface area (Å²) in [6.07, 6.45) is 4.11. The summed E-state index contributed by atoms with van der Waals surface area (Å²) in [6.45, 7) is 5.43. The summed E-state index contributed by atoms with van der Waals surface area (Å²) in [5, 5.41) is 3.83. The third kappa shape index (κ3) is 3.81. The molecule has 1 aliphatic rings. The maximum atomic E-state index is 5.69. The Bertz CT molecular complexity index is 308. The van der Waals surface area contributed by atoms with Crippen LogP contribution in [0.4, 0.5) is 0 Å². The van der Waals surface area contributed by atoms with Crippen molar-refractivity contribution in [1.82, 2.24) is 10.2 Å². The van der Waals surface area contributed by atoms with E-state index in [9.17, 15) is 0 Å². The third-order valence-corrected chi connectivity index (χ3v) is 3.18. The second-order valence-corrected chi connectivity index (χ2v) is 4.66. The fourth-order valence-corrected chi connectivity index (χ4v) is 2.24. The molecule has 0 aromatic carbocycles. The number of hydrogen-bond donors (Lipinski definition) is 1. The molecule has 4 heteroatoms. The van der Waals surface area contributed by atoms with Crippen LogP contribution in [-0.4, -0.2) is 31.1 Å². The van der Waals surface area contributed by atoms with Gasteiger partial charge in [0, 0.05) is 13.1 Å². The number of nitrogens with zero attached hydrogens (tertiary/aromatic N) is 1. The van der Waals surface area contributed by atoms with Gasteiger partial charge in [0.2, 0.25) is 0 Å². The zero-order chi connectivity index (χ0) is 11.2. The Morgan fingerprint density at radius 2 is 2.06 bits per heavy atom. The fraction of sp³-hybridized carbons (Fsp3) is 0.667. The predicted molar refractivity (Wildman–Crippen MR) is 65.7 cm³/mol. The van der Waals surface area contributed by atoms with E-state index in [1.54, 1.807) is 6.07 Å². The molecule has 1 aromatic rings. The fourth-order valence-electron chi connectivity index (χ4n) is 2.08. The molecule has 0 atom stereocenters. The summed E-state index contributed by atoms with van der Waals surface area (Å²) < 4.78 is 5.26. The lowest BCUT2D eigenvalue weighted by atomic mass is 10.1. The molecule has 3 nitrogen and oxygen atoms in total. The summed E-state index contributed by atoms with van der Waals surface area (Å²) in [7, 11) is 0. The molecule has 1 aromatic heterocycles. The van der Waals surface area contributed by atoms with Crippen molar-refractivity contribution < 1.29 is 4.42 Å². The average molecular weight is 243 g/mol. The molecule has 0 bridgehead atoms. The Morgan fingerprint density at radius 3 is 2.75 bits per heavy atom. The van der Waals surface area contributed by atoms with Crippen molar-refractivity contribution in [2.24, 2.45) is 0 Å². The van der Waals surface area contributed by atoms with Gasteiger partial charge in [0.25, 0.3) is 0 Å². The van der Waals surface area contributed by atoms with Crippen LogP contribution in [0.2, 0.25) is 5.22 Å². The molecule has 1 aliphatic heterocycles. The lowest BCUT2D eigenvalue weighted by Gasteiger charge is -2.26. The lowest BCUT2D eigenvalue weighted by Crippen LogP contribution is -2.35. The van der Waals surface area contributed by atoms with E-state index >= 15 is 0 Å². The van der Waals surface area contributed by atoms with Crippen LogP contribution < -0.4 is 5.32 Å². The van der Waals surface area contributed by atoms with Gasteiger partial charge in [0.05, 0.1) is 6.54 Å². The minimum absolute atomic E-state index is 0.466. The number of rotatable bonds is 5. The normalized spacial score (nSPS) is 17.8. The van der Waals surface area contributed by atoms with Crippen molar-refractivity contribution in [3.8, 4) is 0 Å². The second kappa shape index (κ2) is 6.28. The highest BCUT2D eigenvalue weighted by Gasteiger charge is 2.08. The van der Waals surface area contributed by atoms with Gasteiger partial charge in [-0.15, -0.1) is 0 Å². The topological polar surface area (TPSA) is 28.4 Å².